The van der Waals surface area contributed by atoms with E-state index in [1.807, 2.05) is 0 Å². The second-order valence-electron chi connectivity index (χ2n) is 5.35. The summed E-state index contributed by atoms with van der Waals surface area (Å²) in [6.45, 7) is 0. The van der Waals surface area contributed by atoms with E-state index in [0.717, 1.165) is 12.1 Å². The van der Waals surface area contributed by atoms with Crippen molar-refractivity contribution < 1.29 is 34.1 Å². The topological polar surface area (TPSA) is 170 Å². The van der Waals surface area contributed by atoms with Crippen molar-refractivity contribution in [2.45, 2.75) is 6.42 Å². The van der Waals surface area contributed by atoms with Crippen LogP contribution in [-0.2, 0) is 26.1 Å². The number of methoxy groups -OCH3 is 2. The molecule has 0 amide bonds. The lowest BCUT2D eigenvalue weighted by molar-refractivity contribution is -0.149. The highest BCUT2D eigenvalue weighted by molar-refractivity contribution is 7.16. The normalized spacial score (nSPS) is 9.55. The van der Waals surface area contributed by atoms with Gasteiger partial charge in [0.05, 0.1) is 25.2 Å². The van der Waals surface area contributed by atoms with Crippen LogP contribution in [0.2, 0.25) is 0 Å². The molecule has 0 saturated heterocycles. The van der Waals surface area contributed by atoms with E-state index in [4.69, 9.17) is 5.11 Å². The van der Waals surface area contributed by atoms with E-state index in [9.17, 15) is 24.3 Å². The minimum absolute atomic E-state index is 0.0469. The van der Waals surface area contributed by atoms with Crippen LogP contribution in [0.3, 0.4) is 0 Å². The van der Waals surface area contributed by atoms with Crippen molar-refractivity contribution in [1.82, 2.24) is 14.5 Å². The van der Waals surface area contributed by atoms with Crippen molar-refractivity contribution in [3.05, 3.63) is 33.1 Å². The van der Waals surface area contributed by atoms with Gasteiger partial charge < -0.3 is 29.6 Å². The number of fused-ring (bicyclic) bond motifs is 1. The molecule has 0 bridgehead atoms. The van der Waals surface area contributed by atoms with Crippen molar-refractivity contribution in [1.29, 1.82) is 0 Å². The highest BCUT2D eigenvalue weighted by Gasteiger charge is 2.13. The van der Waals surface area contributed by atoms with Crippen molar-refractivity contribution in [3.63, 3.8) is 0 Å². The molecule has 0 fully saturated rings. The Morgan fingerprint density at radius 3 is 2.32 bits per heavy atom. The van der Waals surface area contributed by atoms with E-state index < -0.39 is 24.3 Å². The van der Waals surface area contributed by atoms with E-state index in [2.05, 4.69) is 24.8 Å². The molecular formula is C17H20N4O8S2. The Labute approximate surface area is 183 Å². The molecule has 0 aliphatic rings. The summed E-state index contributed by atoms with van der Waals surface area (Å²) in [5.41, 5.74) is 3.81. The molecule has 0 radical (unpaired) electrons. The maximum Gasteiger partial charge on any atom is 0.359 e. The fourth-order valence-electron chi connectivity index (χ4n) is 1.90. The van der Waals surface area contributed by atoms with Gasteiger partial charge in [-0.25, -0.2) is 14.8 Å². The number of hydrogen-bond donors (Lipinski definition) is 3. The van der Waals surface area contributed by atoms with E-state index in [-0.39, 0.29) is 11.3 Å². The number of aromatic nitrogens is 3. The Balaban J connectivity index is 0.000000238. The molecule has 0 aliphatic heterocycles. The number of carboxylic acids is 1. The van der Waals surface area contributed by atoms with Crippen LogP contribution in [0.25, 0.3) is 10.3 Å². The highest BCUT2D eigenvalue weighted by Crippen LogP contribution is 2.23. The number of aliphatic carboxylic acids is 1. The number of anilines is 1. The number of aryl methyl sites for hydroxylation is 1. The maximum atomic E-state index is 11.1. The van der Waals surface area contributed by atoms with E-state index in [1.54, 1.807) is 25.1 Å². The second kappa shape index (κ2) is 12.2. The summed E-state index contributed by atoms with van der Waals surface area (Å²) < 4.78 is 10.0. The number of ether oxygens (including phenoxy) is 2. The van der Waals surface area contributed by atoms with Crippen LogP contribution in [-0.4, -0.2) is 63.9 Å². The number of thiazole rings is 2. The molecule has 0 saturated carbocycles. The SMILES string of the molecule is CNc1scnc1C(=O)OC.COC(=O)CC(=O)O.Cn1c(=O)cc(O)c2ncsc21. The van der Waals surface area contributed by atoms with Crippen LogP contribution in [0, 0.1) is 0 Å². The van der Waals surface area contributed by atoms with Gasteiger partial charge >= 0.3 is 17.9 Å². The van der Waals surface area contributed by atoms with Crippen molar-refractivity contribution in [3.8, 4) is 5.75 Å². The summed E-state index contributed by atoms with van der Waals surface area (Å²) in [6.07, 6.45) is -0.559. The van der Waals surface area contributed by atoms with Gasteiger partial charge in [-0.05, 0) is 0 Å². The largest absolute Gasteiger partial charge is 0.505 e. The third-order valence-corrected chi connectivity index (χ3v) is 5.13. The first-order valence-corrected chi connectivity index (χ1v) is 10.0. The molecule has 3 aromatic rings. The quantitative estimate of drug-likeness (QED) is 0.369. The Morgan fingerprint density at radius 2 is 1.81 bits per heavy atom. The standard InChI is InChI=1S/C7H6N2O2S.C6H8N2O2S.C4H6O4/c1-9-5(11)2-4(10)6-7(9)12-3-8-6;1-7-5-4(6(9)10-2)8-3-11-5;1-8-4(7)2-3(5)6/h2-3,10H,1H3;3,7H,1-2H3;2H2,1H3,(H,5,6). The molecule has 0 unspecified atom stereocenters. The first kappa shape index (κ1) is 25.5. The average Bonchev–Trinajstić information content (AvgIpc) is 3.41. The Bertz CT molecular complexity index is 1110. The van der Waals surface area contributed by atoms with Crippen LogP contribution in [0.4, 0.5) is 5.00 Å². The average molecular weight is 473 g/mol. The van der Waals surface area contributed by atoms with Gasteiger partial charge in [-0.2, -0.15) is 0 Å². The third kappa shape index (κ3) is 7.35. The predicted molar refractivity (Wildman–Crippen MR) is 114 cm³/mol. The molecule has 3 aromatic heterocycles. The van der Waals surface area contributed by atoms with Gasteiger partial charge in [0.2, 0.25) is 0 Å². The summed E-state index contributed by atoms with van der Waals surface area (Å²) in [5, 5.41) is 20.8. The summed E-state index contributed by atoms with van der Waals surface area (Å²) in [4.78, 5) is 50.2. The lowest BCUT2D eigenvalue weighted by Crippen LogP contribution is -2.14. The number of nitrogens with zero attached hydrogens (tertiary/aromatic N) is 3. The molecule has 0 spiro atoms. The molecule has 3 N–H and O–H groups in total. The number of rotatable bonds is 4. The zero-order valence-corrected chi connectivity index (χ0v) is 18.6. The predicted octanol–water partition coefficient (Wildman–Crippen LogP) is 1.31. The van der Waals surface area contributed by atoms with Gasteiger partial charge in [0.15, 0.2) is 5.69 Å². The van der Waals surface area contributed by atoms with Gasteiger partial charge in [0, 0.05) is 20.2 Å². The van der Waals surface area contributed by atoms with Crippen LogP contribution in [0.5, 0.6) is 5.75 Å². The van der Waals surface area contributed by atoms with Gasteiger partial charge in [-0.3, -0.25) is 14.4 Å². The highest BCUT2D eigenvalue weighted by atomic mass is 32.1. The minimum Gasteiger partial charge on any atom is -0.505 e. The molecular weight excluding hydrogens is 452 g/mol. The van der Waals surface area contributed by atoms with Gasteiger partial charge in [-0.1, -0.05) is 0 Å². The summed E-state index contributed by atoms with van der Waals surface area (Å²) in [6, 6.07) is 1.17. The van der Waals surface area contributed by atoms with Gasteiger partial charge in [0.25, 0.3) is 5.56 Å². The van der Waals surface area contributed by atoms with Crippen LogP contribution >= 0.6 is 22.7 Å². The zero-order valence-electron chi connectivity index (χ0n) is 16.9. The molecule has 3 heterocycles. The molecule has 0 aliphatic carbocycles. The number of esters is 2. The smallest absolute Gasteiger partial charge is 0.359 e. The fraction of sp³-hybridized carbons (Fsp3) is 0.294. The number of carbonyl (C=O) groups is 3. The Kier molecular flexibility index (Phi) is 10.1. The molecule has 14 heteroatoms. The minimum atomic E-state index is -1.17. The zero-order chi connectivity index (χ0) is 23.6. The maximum absolute atomic E-state index is 11.1. The van der Waals surface area contributed by atoms with Crippen molar-refractivity contribution in [2.24, 2.45) is 7.05 Å². The summed E-state index contributed by atoms with van der Waals surface area (Å²) in [5.74, 6) is -2.35. The lowest BCUT2D eigenvalue weighted by atomic mass is 10.4. The number of aromatic hydroxyl groups is 1. The number of nitrogens with one attached hydrogen (secondary N) is 1. The number of pyridine rings is 1. The molecule has 12 nitrogen and oxygen atoms in total. The summed E-state index contributed by atoms with van der Waals surface area (Å²) in [7, 11) is 5.87. The van der Waals surface area contributed by atoms with Gasteiger partial charge in [0.1, 0.15) is 27.5 Å². The lowest BCUT2D eigenvalue weighted by Gasteiger charge is -1.98. The Morgan fingerprint density at radius 1 is 1.16 bits per heavy atom. The molecule has 168 valence electrons. The summed E-state index contributed by atoms with van der Waals surface area (Å²) >= 11 is 2.70. The molecule has 0 atom stereocenters. The fourth-order valence-corrected chi connectivity index (χ4v) is 3.30. The van der Waals surface area contributed by atoms with Crippen LogP contribution < -0.4 is 10.9 Å². The number of hydrogen-bond acceptors (Lipinski definition) is 12. The molecule has 0 aromatic carbocycles. The van der Waals surface area contributed by atoms with Gasteiger partial charge in [-0.15, -0.1) is 22.7 Å². The second-order valence-corrected chi connectivity index (χ2v) is 7.04. The first-order chi connectivity index (χ1) is 14.7. The van der Waals surface area contributed by atoms with Crippen LogP contribution in [0.15, 0.2) is 21.9 Å². The Hall–Kier alpha value is -3.52. The third-order valence-electron chi connectivity index (χ3n) is 3.38. The van der Waals surface area contributed by atoms with E-state index >= 15 is 0 Å². The monoisotopic (exact) mass is 472 g/mol. The molecule has 3 rings (SSSR count). The molecule has 31 heavy (non-hydrogen) atoms. The first-order valence-electron chi connectivity index (χ1n) is 8.26. The number of carboxylic acid groups (broad SMARTS) is 1. The van der Waals surface area contributed by atoms with Crippen molar-refractivity contribution in [2.75, 3.05) is 26.6 Å². The number of carbonyl (C=O) groups excluding carboxylic acids is 2. The van der Waals surface area contributed by atoms with E-state index in [0.29, 0.717) is 16.0 Å². The van der Waals surface area contributed by atoms with E-state index in [1.165, 1.54) is 40.4 Å². The van der Waals surface area contributed by atoms with Crippen molar-refractivity contribution >= 4 is 55.9 Å². The van der Waals surface area contributed by atoms with Crippen LogP contribution in [0.1, 0.15) is 16.9 Å².